The summed E-state index contributed by atoms with van der Waals surface area (Å²) >= 11 is 0. The molecule has 4 nitrogen and oxygen atoms in total. The maximum Gasteiger partial charge on any atom is 0.165 e. The number of aryl methyl sites for hydroxylation is 2. The van der Waals surface area contributed by atoms with Gasteiger partial charge in [-0.25, -0.2) is 9.97 Å². The van der Waals surface area contributed by atoms with Crippen LogP contribution in [-0.4, -0.2) is 24.1 Å². The van der Waals surface area contributed by atoms with Crippen molar-refractivity contribution in [3.05, 3.63) is 35.5 Å². The van der Waals surface area contributed by atoms with Gasteiger partial charge in [0.1, 0.15) is 11.6 Å². The number of benzene rings is 1. The number of methoxy groups -OCH3 is 1. The van der Waals surface area contributed by atoms with Gasteiger partial charge in [-0.15, -0.1) is 0 Å². The smallest absolute Gasteiger partial charge is 0.165 e. The van der Waals surface area contributed by atoms with E-state index in [0.717, 1.165) is 28.3 Å². The molecule has 0 amide bonds. The van der Waals surface area contributed by atoms with Crippen molar-refractivity contribution in [1.29, 1.82) is 0 Å². The van der Waals surface area contributed by atoms with Crippen LogP contribution in [0, 0.1) is 13.8 Å². The second-order valence-electron chi connectivity index (χ2n) is 4.18. The van der Waals surface area contributed by atoms with Crippen molar-refractivity contribution in [2.75, 3.05) is 19.5 Å². The molecule has 0 saturated heterocycles. The first-order chi connectivity index (χ1) is 8.65. The Labute approximate surface area is 107 Å². The van der Waals surface area contributed by atoms with E-state index in [4.69, 9.17) is 4.74 Å². The van der Waals surface area contributed by atoms with Crippen molar-refractivity contribution in [3.63, 3.8) is 0 Å². The Balaban J connectivity index is 2.57. The van der Waals surface area contributed by atoms with Crippen LogP contribution in [0.15, 0.2) is 24.4 Å². The van der Waals surface area contributed by atoms with Gasteiger partial charge in [-0.3, -0.25) is 0 Å². The molecule has 2 aromatic rings. The van der Waals surface area contributed by atoms with Crippen molar-refractivity contribution in [2.45, 2.75) is 13.8 Å². The van der Waals surface area contributed by atoms with E-state index < -0.39 is 0 Å². The molecule has 1 heterocycles. The topological polar surface area (TPSA) is 47.0 Å². The van der Waals surface area contributed by atoms with Gasteiger partial charge in [-0.2, -0.15) is 0 Å². The predicted octanol–water partition coefficient (Wildman–Crippen LogP) is 2.81. The molecule has 1 N–H and O–H groups in total. The standard InChI is InChI=1S/C14H17N3O/c1-9-5-6-12(18-4)11(7-9)14-16-8-10(2)13(15-3)17-14/h5-8H,1-4H3,(H,15,16,17). The number of hydrogen-bond donors (Lipinski definition) is 1. The number of ether oxygens (including phenoxy) is 1. The SMILES string of the molecule is CNc1nc(-c2cc(C)ccc2OC)ncc1C. The van der Waals surface area contributed by atoms with Gasteiger partial charge in [-0.05, 0) is 26.0 Å². The molecule has 1 aromatic heterocycles. The number of anilines is 1. The highest BCUT2D eigenvalue weighted by Crippen LogP contribution is 2.29. The minimum Gasteiger partial charge on any atom is -0.496 e. The molecule has 4 heteroatoms. The molecule has 0 aliphatic carbocycles. The Hall–Kier alpha value is -2.10. The molecule has 0 atom stereocenters. The normalized spacial score (nSPS) is 10.2. The molecule has 0 fully saturated rings. The summed E-state index contributed by atoms with van der Waals surface area (Å²) in [5.74, 6) is 2.29. The molecule has 0 radical (unpaired) electrons. The first kappa shape index (κ1) is 12.4. The van der Waals surface area contributed by atoms with Gasteiger partial charge >= 0.3 is 0 Å². The number of rotatable bonds is 3. The maximum atomic E-state index is 5.36. The summed E-state index contributed by atoms with van der Waals surface area (Å²) < 4.78 is 5.36. The summed E-state index contributed by atoms with van der Waals surface area (Å²) in [5.41, 5.74) is 3.09. The van der Waals surface area contributed by atoms with Crippen LogP contribution in [0.2, 0.25) is 0 Å². The Morgan fingerprint density at radius 3 is 2.67 bits per heavy atom. The molecule has 0 spiro atoms. The van der Waals surface area contributed by atoms with Gasteiger partial charge in [-0.1, -0.05) is 11.6 Å². The van der Waals surface area contributed by atoms with Crippen LogP contribution in [0.1, 0.15) is 11.1 Å². The molecule has 0 aliphatic heterocycles. The van der Waals surface area contributed by atoms with Gasteiger partial charge in [0.2, 0.25) is 0 Å². The van der Waals surface area contributed by atoms with Crippen LogP contribution < -0.4 is 10.1 Å². The maximum absolute atomic E-state index is 5.36. The number of hydrogen-bond acceptors (Lipinski definition) is 4. The van der Waals surface area contributed by atoms with Crippen LogP contribution in [0.4, 0.5) is 5.82 Å². The van der Waals surface area contributed by atoms with Crippen molar-refractivity contribution in [1.82, 2.24) is 9.97 Å². The van der Waals surface area contributed by atoms with E-state index >= 15 is 0 Å². The Morgan fingerprint density at radius 2 is 2.00 bits per heavy atom. The van der Waals surface area contributed by atoms with Gasteiger partial charge in [0.05, 0.1) is 12.7 Å². The monoisotopic (exact) mass is 243 g/mol. The molecule has 0 unspecified atom stereocenters. The van der Waals surface area contributed by atoms with Crippen molar-refractivity contribution in [3.8, 4) is 17.1 Å². The van der Waals surface area contributed by atoms with Gasteiger partial charge in [0, 0.05) is 18.8 Å². The van der Waals surface area contributed by atoms with Gasteiger partial charge in [0.25, 0.3) is 0 Å². The second kappa shape index (κ2) is 5.04. The lowest BCUT2D eigenvalue weighted by Gasteiger charge is -2.10. The van der Waals surface area contributed by atoms with E-state index in [1.54, 1.807) is 7.11 Å². The van der Waals surface area contributed by atoms with E-state index in [1.807, 2.05) is 45.3 Å². The van der Waals surface area contributed by atoms with E-state index in [0.29, 0.717) is 5.82 Å². The third-order valence-electron chi connectivity index (χ3n) is 2.80. The molecule has 0 saturated carbocycles. The quantitative estimate of drug-likeness (QED) is 0.900. The Bertz CT molecular complexity index is 567. The Kier molecular flexibility index (Phi) is 3.46. The van der Waals surface area contributed by atoms with E-state index in [2.05, 4.69) is 15.3 Å². The minimum absolute atomic E-state index is 0.672. The van der Waals surface area contributed by atoms with E-state index in [-0.39, 0.29) is 0 Å². The van der Waals surface area contributed by atoms with E-state index in [9.17, 15) is 0 Å². The zero-order valence-electron chi connectivity index (χ0n) is 11.1. The summed E-state index contributed by atoms with van der Waals surface area (Å²) in [6.45, 7) is 4.01. The number of nitrogens with zero attached hydrogens (tertiary/aromatic N) is 2. The number of aromatic nitrogens is 2. The van der Waals surface area contributed by atoms with Crippen LogP contribution in [0.3, 0.4) is 0 Å². The zero-order chi connectivity index (χ0) is 13.1. The van der Waals surface area contributed by atoms with Crippen molar-refractivity contribution >= 4 is 5.82 Å². The first-order valence-electron chi connectivity index (χ1n) is 5.82. The van der Waals surface area contributed by atoms with Crippen LogP contribution in [0.5, 0.6) is 5.75 Å². The molecule has 18 heavy (non-hydrogen) atoms. The molecular formula is C14H17N3O. The van der Waals surface area contributed by atoms with Gasteiger partial charge < -0.3 is 10.1 Å². The Morgan fingerprint density at radius 1 is 1.22 bits per heavy atom. The lowest BCUT2D eigenvalue weighted by Crippen LogP contribution is -2.00. The summed E-state index contributed by atoms with van der Waals surface area (Å²) in [5, 5.41) is 3.07. The lowest BCUT2D eigenvalue weighted by atomic mass is 10.1. The molecular weight excluding hydrogens is 226 g/mol. The fourth-order valence-corrected chi connectivity index (χ4v) is 1.82. The molecule has 94 valence electrons. The van der Waals surface area contributed by atoms with Crippen molar-refractivity contribution in [2.24, 2.45) is 0 Å². The molecule has 1 aromatic carbocycles. The third-order valence-corrected chi connectivity index (χ3v) is 2.80. The van der Waals surface area contributed by atoms with Crippen LogP contribution in [-0.2, 0) is 0 Å². The predicted molar refractivity (Wildman–Crippen MR) is 73.0 cm³/mol. The van der Waals surface area contributed by atoms with Crippen molar-refractivity contribution < 1.29 is 4.74 Å². The highest BCUT2D eigenvalue weighted by Gasteiger charge is 2.10. The molecule has 0 aliphatic rings. The summed E-state index contributed by atoms with van der Waals surface area (Å²) in [7, 11) is 3.51. The fourth-order valence-electron chi connectivity index (χ4n) is 1.82. The molecule has 0 bridgehead atoms. The summed E-state index contributed by atoms with van der Waals surface area (Å²) in [4.78, 5) is 8.88. The van der Waals surface area contributed by atoms with E-state index in [1.165, 1.54) is 0 Å². The first-order valence-corrected chi connectivity index (χ1v) is 5.82. The lowest BCUT2D eigenvalue weighted by molar-refractivity contribution is 0.416. The third kappa shape index (κ3) is 2.27. The second-order valence-corrected chi connectivity index (χ2v) is 4.18. The molecule has 2 rings (SSSR count). The average molecular weight is 243 g/mol. The fraction of sp³-hybridized carbons (Fsp3) is 0.286. The highest BCUT2D eigenvalue weighted by molar-refractivity contribution is 5.66. The van der Waals surface area contributed by atoms with Crippen LogP contribution >= 0.6 is 0 Å². The summed E-state index contributed by atoms with van der Waals surface area (Å²) in [6.07, 6.45) is 1.82. The largest absolute Gasteiger partial charge is 0.496 e. The summed E-state index contributed by atoms with van der Waals surface area (Å²) in [6, 6.07) is 5.98. The number of nitrogens with one attached hydrogen (secondary N) is 1. The highest BCUT2D eigenvalue weighted by atomic mass is 16.5. The van der Waals surface area contributed by atoms with Gasteiger partial charge in [0.15, 0.2) is 5.82 Å². The minimum atomic E-state index is 0.672. The van der Waals surface area contributed by atoms with Crippen LogP contribution in [0.25, 0.3) is 11.4 Å². The zero-order valence-corrected chi connectivity index (χ0v) is 11.1. The average Bonchev–Trinajstić information content (AvgIpc) is 2.39.